The fraction of sp³-hybridized carbons (Fsp3) is 0.933. The van der Waals surface area contributed by atoms with Gasteiger partial charge in [-0.15, -0.1) is 0 Å². The van der Waals surface area contributed by atoms with E-state index >= 15 is 0 Å². The van der Waals surface area contributed by atoms with Crippen molar-refractivity contribution in [3.05, 3.63) is 0 Å². The van der Waals surface area contributed by atoms with Gasteiger partial charge in [0.1, 0.15) is 0 Å². The molecule has 122 valence electrons. The molecule has 2 fully saturated rings. The summed E-state index contributed by atoms with van der Waals surface area (Å²) >= 11 is 0. The smallest absolute Gasteiger partial charge is 0.355 e. The second-order valence-electron chi connectivity index (χ2n) is 6.51. The molecule has 1 atom stereocenters. The van der Waals surface area contributed by atoms with Gasteiger partial charge in [-0.25, -0.2) is 0 Å². The standard InChI is InChI=1S/C15H25F3N2O/c1-2-11-3-5-12(6-4-11)9-20-13(21)14(15(16,17)18)7-8-19-10-14/h11-12,19H,2-10H2,1H3,(H,20,21). The molecule has 0 aromatic rings. The molecule has 0 radical (unpaired) electrons. The van der Waals surface area contributed by atoms with Crippen molar-refractivity contribution in [1.29, 1.82) is 0 Å². The molecule has 1 heterocycles. The lowest BCUT2D eigenvalue weighted by Crippen LogP contribution is -2.53. The van der Waals surface area contributed by atoms with Crippen LogP contribution >= 0.6 is 0 Å². The van der Waals surface area contributed by atoms with Gasteiger partial charge in [-0.1, -0.05) is 26.2 Å². The molecule has 1 aliphatic heterocycles. The number of rotatable bonds is 4. The molecule has 2 N–H and O–H groups in total. The summed E-state index contributed by atoms with van der Waals surface area (Å²) in [6.07, 6.45) is 0.797. The first-order chi connectivity index (χ1) is 9.89. The Labute approximate surface area is 124 Å². The van der Waals surface area contributed by atoms with Crippen LogP contribution in [0, 0.1) is 17.3 Å². The maximum Gasteiger partial charge on any atom is 0.404 e. The summed E-state index contributed by atoms with van der Waals surface area (Å²) in [5, 5.41) is 5.25. The number of nitrogens with one attached hydrogen (secondary N) is 2. The highest BCUT2D eigenvalue weighted by atomic mass is 19.4. The number of carbonyl (C=O) groups excluding carboxylic acids is 1. The Morgan fingerprint density at radius 2 is 1.86 bits per heavy atom. The van der Waals surface area contributed by atoms with Crippen LogP contribution in [0.1, 0.15) is 45.4 Å². The molecule has 2 rings (SSSR count). The summed E-state index contributed by atoms with van der Waals surface area (Å²) < 4.78 is 39.7. The average Bonchev–Trinajstić information content (AvgIpc) is 2.96. The molecule has 1 saturated heterocycles. The highest BCUT2D eigenvalue weighted by Gasteiger charge is 2.61. The van der Waals surface area contributed by atoms with Crippen molar-refractivity contribution in [2.45, 2.75) is 51.6 Å². The fourth-order valence-electron chi connectivity index (χ4n) is 3.51. The summed E-state index contributed by atoms with van der Waals surface area (Å²) in [5.41, 5.74) is -2.23. The molecule has 0 aromatic heterocycles. The van der Waals surface area contributed by atoms with Crippen LogP contribution in [-0.2, 0) is 4.79 Å². The highest BCUT2D eigenvalue weighted by Crippen LogP contribution is 2.43. The minimum absolute atomic E-state index is 0.162. The summed E-state index contributed by atoms with van der Waals surface area (Å²) in [7, 11) is 0. The third kappa shape index (κ3) is 3.52. The quantitative estimate of drug-likeness (QED) is 0.838. The van der Waals surface area contributed by atoms with E-state index in [1.165, 1.54) is 6.42 Å². The van der Waals surface area contributed by atoms with Gasteiger partial charge in [-0.3, -0.25) is 4.79 Å². The molecule has 1 aliphatic carbocycles. The van der Waals surface area contributed by atoms with E-state index in [1.807, 2.05) is 0 Å². The third-order valence-corrected chi connectivity index (χ3v) is 5.23. The van der Waals surface area contributed by atoms with Crippen molar-refractivity contribution < 1.29 is 18.0 Å². The van der Waals surface area contributed by atoms with E-state index in [0.717, 1.165) is 31.6 Å². The summed E-state index contributed by atoms with van der Waals surface area (Å²) in [6.45, 7) is 2.50. The van der Waals surface area contributed by atoms with Gasteiger partial charge in [-0.2, -0.15) is 13.2 Å². The first kappa shape index (κ1) is 16.6. The number of hydrogen-bond acceptors (Lipinski definition) is 2. The molecule has 2 aliphatic rings. The van der Waals surface area contributed by atoms with E-state index in [9.17, 15) is 18.0 Å². The first-order valence-electron chi connectivity index (χ1n) is 7.95. The van der Waals surface area contributed by atoms with Crippen LogP contribution in [0.3, 0.4) is 0 Å². The Morgan fingerprint density at radius 3 is 2.33 bits per heavy atom. The number of hydrogen-bond donors (Lipinski definition) is 2. The van der Waals surface area contributed by atoms with Crippen LogP contribution < -0.4 is 10.6 Å². The van der Waals surface area contributed by atoms with Gasteiger partial charge in [0.15, 0.2) is 5.41 Å². The predicted octanol–water partition coefficient (Wildman–Crippen LogP) is 2.86. The predicted molar refractivity (Wildman–Crippen MR) is 74.7 cm³/mol. The molecule has 21 heavy (non-hydrogen) atoms. The van der Waals surface area contributed by atoms with Crippen molar-refractivity contribution in [2.75, 3.05) is 19.6 Å². The molecule has 0 spiro atoms. The normalized spacial score (nSPS) is 33.9. The zero-order valence-corrected chi connectivity index (χ0v) is 12.6. The van der Waals surface area contributed by atoms with Crippen molar-refractivity contribution in [1.82, 2.24) is 10.6 Å². The summed E-state index contributed by atoms with van der Waals surface area (Å²) in [4.78, 5) is 12.1. The summed E-state index contributed by atoms with van der Waals surface area (Å²) in [5.74, 6) is 0.228. The molecule has 1 amide bonds. The van der Waals surface area contributed by atoms with Crippen LogP contribution in [0.4, 0.5) is 13.2 Å². The Bertz CT molecular complexity index is 356. The van der Waals surface area contributed by atoms with Crippen LogP contribution in [0.15, 0.2) is 0 Å². The Hall–Kier alpha value is -0.780. The largest absolute Gasteiger partial charge is 0.404 e. The molecule has 6 heteroatoms. The van der Waals surface area contributed by atoms with E-state index in [0.29, 0.717) is 12.5 Å². The molecule has 0 bridgehead atoms. The van der Waals surface area contributed by atoms with Gasteiger partial charge in [0.25, 0.3) is 0 Å². The van der Waals surface area contributed by atoms with E-state index in [-0.39, 0.29) is 19.5 Å². The lowest BCUT2D eigenvalue weighted by molar-refractivity contribution is -0.216. The number of amides is 1. The number of carbonyl (C=O) groups is 1. The molecule has 0 aromatic carbocycles. The minimum Gasteiger partial charge on any atom is -0.355 e. The van der Waals surface area contributed by atoms with Crippen molar-refractivity contribution >= 4 is 5.91 Å². The van der Waals surface area contributed by atoms with Gasteiger partial charge in [-0.05, 0) is 37.6 Å². The van der Waals surface area contributed by atoms with E-state index in [1.54, 1.807) is 0 Å². The zero-order valence-electron chi connectivity index (χ0n) is 12.6. The molecule has 1 unspecified atom stereocenters. The van der Waals surface area contributed by atoms with Crippen LogP contribution in [0.2, 0.25) is 0 Å². The Kier molecular flexibility index (Phi) is 5.17. The SMILES string of the molecule is CCC1CCC(CNC(=O)C2(C(F)(F)F)CCNC2)CC1. The van der Waals surface area contributed by atoms with E-state index in [2.05, 4.69) is 17.6 Å². The van der Waals surface area contributed by atoms with Crippen LogP contribution in [-0.4, -0.2) is 31.7 Å². The Morgan fingerprint density at radius 1 is 1.24 bits per heavy atom. The highest BCUT2D eigenvalue weighted by molar-refractivity contribution is 5.84. The van der Waals surface area contributed by atoms with E-state index in [4.69, 9.17) is 0 Å². The molecular weight excluding hydrogens is 281 g/mol. The van der Waals surface area contributed by atoms with Crippen molar-refractivity contribution in [3.8, 4) is 0 Å². The Balaban J connectivity index is 1.86. The van der Waals surface area contributed by atoms with Crippen LogP contribution in [0.25, 0.3) is 0 Å². The minimum atomic E-state index is -4.49. The van der Waals surface area contributed by atoms with Gasteiger partial charge in [0.05, 0.1) is 0 Å². The van der Waals surface area contributed by atoms with Gasteiger partial charge in [0, 0.05) is 13.1 Å². The van der Waals surface area contributed by atoms with Crippen molar-refractivity contribution in [2.24, 2.45) is 17.3 Å². The molecular formula is C15H25F3N2O. The van der Waals surface area contributed by atoms with Gasteiger partial charge < -0.3 is 10.6 Å². The molecule has 3 nitrogen and oxygen atoms in total. The first-order valence-corrected chi connectivity index (χ1v) is 7.95. The van der Waals surface area contributed by atoms with Crippen LogP contribution in [0.5, 0.6) is 0 Å². The third-order valence-electron chi connectivity index (χ3n) is 5.23. The second-order valence-corrected chi connectivity index (χ2v) is 6.51. The zero-order chi connectivity index (χ0) is 15.5. The topological polar surface area (TPSA) is 41.1 Å². The lowest BCUT2D eigenvalue weighted by Gasteiger charge is -2.32. The second kappa shape index (κ2) is 6.55. The summed E-state index contributed by atoms with van der Waals surface area (Å²) in [6, 6.07) is 0. The fourth-order valence-corrected chi connectivity index (χ4v) is 3.51. The van der Waals surface area contributed by atoms with Crippen molar-refractivity contribution in [3.63, 3.8) is 0 Å². The maximum atomic E-state index is 13.2. The number of halogens is 3. The lowest BCUT2D eigenvalue weighted by atomic mass is 9.80. The number of alkyl halides is 3. The average molecular weight is 306 g/mol. The van der Waals surface area contributed by atoms with Gasteiger partial charge >= 0.3 is 6.18 Å². The maximum absolute atomic E-state index is 13.2. The molecule has 1 saturated carbocycles. The van der Waals surface area contributed by atoms with Gasteiger partial charge in [0.2, 0.25) is 5.91 Å². The monoisotopic (exact) mass is 306 g/mol. The van der Waals surface area contributed by atoms with E-state index < -0.39 is 17.5 Å².